The summed E-state index contributed by atoms with van der Waals surface area (Å²) >= 11 is 6.23. The average Bonchev–Trinajstić information content (AvgIpc) is 2.78. The van der Waals surface area contributed by atoms with Gasteiger partial charge in [0, 0.05) is 11.1 Å². The van der Waals surface area contributed by atoms with Gasteiger partial charge >= 0.3 is 0 Å². The molecule has 0 aliphatic carbocycles. The normalized spacial score (nSPS) is 10.9. The third-order valence-corrected chi connectivity index (χ3v) is 6.75. The predicted molar refractivity (Wildman–Crippen MR) is 127 cm³/mol. The van der Waals surface area contributed by atoms with Gasteiger partial charge in [0.05, 0.1) is 27.8 Å². The molecule has 8 heteroatoms. The van der Waals surface area contributed by atoms with Gasteiger partial charge in [-0.05, 0) is 49.4 Å². The van der Waals surface area contributed by atoms with Crippen molar-refractivity contribution >= 4 is 44.7 Å². The number of Topliss-reactive ketones (excluding diaryl/α,β-unsaturated/α-hetero) is 1. The number of nitrogens with one attached hydrogen (secondary N) is 1. The van der Waals surface area contributed by atoms with Crippen molar-refractivity contribution in [1.29, 1.82) is 0 Å². The van der Waals surface area contributed by atoms with E-state index in [9.17, 15) is 18.0 Å². The number of para-hydroxylation sites is 2. The van der Waals surface area contributed by atoms with Crippen molar-refractivity contribution in [2.45, 2.75) is 11.8 Å². The van der Waals surface area contributed by atoms with E-state index in [0.717, 1.165) is 4.31 Å². The Morgan fingerprint density at radius 1 is 1.03 bits per heavy atom. The Labute approximate surface area is 192 Å². The first-order valence-electron chi connectivity index (χ1n) is 9.65. The number of benzene rings is 3. The molecule has 1 amide bonds. The minimum atomic E-state index is -4.05. The molecule has 0 spiro atoms. The Morgan fingerprint density at radius 3 is 2.41 bits per heavy atom. The molecule has 3 rings (SSSR count). The average molecular weight is 469 g/mol. The van der Waals surface area contributed by atoms with E-state index in [2.05, 4.69) is 11.9 Å². The summed E-state index contributed by atoms with van der Waals surface area (Å²) in [6.45, 7) is 5.04. The highest BCUT2D eigenvalue weighted by Gasteiger charge is 2.26. The third kappa shape index (κ3) is 4.90. The number of nitrogens with zero attached hydrogens (tertiary/aromatic N) is 1. The zero-order chi connectivity index (χ0) is 23.3. The van der Waals surface area contributed by atoms with Crippen LogP contribution in [0.15, 0.2) is 90.3 Å². The highest BCUT2D eigenvalue weighted by Crippen LogP contribution is 2.30. The second-order valence-corrected chi connectivity index (χ2v) is 9.13. The SMILES string of the molecule is C=CCN(c1ccccc1Cl)S(=O)(=O)c1cccc(C(=O)Nc2ccccc2C(C)=O)c1. The van der Waals surface area contributed by atoms with Crippen LogP contribution in [0.5, 0.6) is 0 Å². The summed E-state index contributed by atoms with van der Waals surface area (Å²) in [5, 5.41) is 2.95. The summed E-state index contributed by atoms with van der Waals surface area (Å²) in [4.78, 5) is 24.6. The Bertz CT molecular complexity index is 1290. The molecule has 3 aromatic carbocycles. The fraction of sp³-hybridized carbons (Fsp3) is 0.0833. The highest BCUT2D eigenvalue weighted by molar-refractivity contribution is 7.92. The second-order valence-electron chi connectivity index (χ2n) is 6.86. The van der Waals surface area contributed by atoms with E-state index < -0.39 is 15.9 Å². The zero-order valence-electron chi connectivity index (χ0n) is 17.3. The molecule has 0 bridgehead atoms. The van der Waals surface area contributed by atoms with E-state index in [4.69, 9.17) is 11.6 Å². The van der Waals surface area contributed by atoms with Gasteiger partial charge in [-0.3, -0.25) is 13.9 Å². The maximum atomic E-state index is 13.4. The van der Waals surface area contributed by atoms with Gasteiger partial charge in [-0.2, -0.15) is 0 Å². The van der Waals surface area contributed by atoms with Crippen LogP contribution in [0.1, 0.15) is 27.6 Å². The summed E-state index contributed by atoms with van der Waals surface area (Å²) in [5.41, 5.74) is 1.14. The number of halogens is 1. The summed E-state index contributed by atoms with van der Waals surface area (Å²) in [7, 11) is -4.05. The molecule has 0 fully saturated rings. The Kier molecular flexibility index (Phi) is 7.12. The van der Waals surface area contributed by atoms with E-state index in [1.807, 2.05) is 0 Å². The van der Waals surface area contributed by atoms with Crippen molar-refractivity contribution in [2.24, 2.45) is 0 Å². The van der Waals surface area contributed by atoms with Crippen molar-refractivity contribution in [3.63, 3.8) is 0 Å². The first-order chi connectivity index (χ1) is 15.3. The molecule has 0 saturated heterocycles. The number of ketones is 1. The number of carbonyl (C=O) groups is 2. The van der Waals surface area contributed by atoms with Gasteiger partial charge in [0.1, 0.15) is 0 Å². The molecule has 3 aromatic rings. The number of hydrogen-bond donors (Lipinski definition) is 1. The molecule has 0 aliphatic rings. The van der Waals surface area contributed by atoms with Gasteiger partial charge in [0.25, 0.3) is 15.9 Å². The molecule has 0 unspecified atom stereocenters. The lowest BCUT2D eigenvalue weighted by molar-refractivity contribution is 0.101. The molecule has 32 heavy (non-hydrogen) atoms. The fourth-order valence-electron chi connectivity index (χ4n) is 3.12. The number of hydrogen-bond acceptors (Lipinski definition) is 4. The van der Waals surface area contributed by atoms with Crippen LogP contribution in [0.2, 0.25) is 5.02 Å². The lowest BCUT2D eigenvalue weighted by atomic mass is 10.1. The number of rotatable bonds is 8. The summed E-state index contributed by atoms with van der Waals surface area (Å²) in [6.07, 6.45) is 1.45. The number of anilines is 2. The molecule has 1 N–H and O–H groups in total. The number of amides is 1. The van der Waals surface area contributed by atoms with Crippen LogP contribution < -0.4 is 9.62 Å². The van der Waals surface area contributed by atoms with Crippen molar-refractivity contribution in [3.8, 4) is 0 Å². The maximum Gasteiger partial charge on any atom is 0.264 e. The second kappa shape index (κ2) is 9.80. The van der Waals surface area contributed by atoms with Crippen molar-refractivity contribution in [1.82, 2.24) is 0 Å². The van der Waals surface area contributed by atoms with Crippen LogP contribution in [0, 0.1) is 0 Å². The van der Waals surface area contributed by atoms with Gasteiger partial charge in [-0.1, -0.05) is 48.0 Å². The number of carbonyl (C=O) groups excluding carboxylic acids is 2. The lowest BCUT2D eigenvalue weighted by Crippen LogP contribution is -2.31. The molecular weight excluding hydrogens is 448 g/mol. The third-order valence-electron chi connectivity index (χ3n) is 4.65. The van der Waals surface area contributed by atoms with Crippen LogP contribution in [0.4, 0.5) is 11.4 Å². The standard InChI is InChI=1S/C24H21ClN2O4S/c1-3-15-27(23-14-7-5-12-21(23)25)32(30,31)19-10-8-9-18(16-19)24(29)26-22-13-6-4-11-20(22)17(2)28/h3-14,16H,1,15H2,2H3,(H,26,29). The summed E-state index contributed by atoms with van der Waals surface area (Å²) in [6, 6.07) is 18.9. The van der Waals surface area contributed by atoms with Gasteiger partial charge in [-0.15, -0.1) is 6.58 Å². The minimum Gasteiger partial charge on any atom is -0.321 e. The van der Waals surface area contributed by atoms with Crippen LogP contribution in [0.25, 0.3) is 0 Å². The van der Waals surface area contributed by atoms with Crippen LogP contribution in [-0.2, 0) is 10.0 Å². The first kappa shape index (κ1) is 23.2. The van der Waals surface area contributed by atoms with Crippen LogP contribution in [0.3, 0.4) is 0 Å². The minimum absolute atomic E-state index is 0.00548. The fourth-order valence-corrected chi connectivity index (χ4v) is 4.90. The van der Waals surface area contributed by atoms with E-state index in [1.165, 1.54) is 37.3 Å². The molecule has 0 aromatic heterocycles. The topological polar surface area (TPSA) is 83.6 Å². The molecule has 0 heterocycles. The molecule has 6 nitrogen and oxygen atoms in total. The van der Waals surface area contributed by atoms with E-state index in [-0.39, 0.29) is 27.8 Å². The Hall–Kier alpha value is -3.42. The van der Waals surface area contributed by atoms with Gasteiger partial charge < -0.3 is 5.32 Å². The largest absolute Gasteiger partial charge is 0.321 e. The Morgan fingerprint density at radius 2 is 1.72 bits per heavy atom. The zero-order valence-corrected chi connectivity index (χ0v) is 18.9. The van der Waals surface area contributed by atoms with E-state index >= 15 is 0 Å². The van der Waals surface area contributed by atoms with Crippen LogP contribution in [-0.4, -0.2) is 26.7 Å². The van der Waals surface area contributed by atoms with Crippen LogP contribution >= 0.6 is 11.6 Å². The monoisotopic (exact) mass is 468 g/mol. The first-order valence-corrected chi connectivity index (χ1v) is 11.5. The highest BCUT2D eigenvalue weighted by atomic mass is 35.5. The predicted octanol–water partition coefficient (Wildman–Crippen LogP) is 5.18. The van der Waals surface area contributed by atoms with Crippen molar-refractivity contribution in [3.05, 3.63) is 102 Å². The Balaban J connectivity index is 1.97. The van der Waals surface area contributed by atoms with Gasteiger partial charge in [0.2, 0.25) is 0 Å². The van der Waals surface area contributed by atoms with Gasteiger partial charge in [0.15, 0.2) is 5.78 Å². The molecule has 0 atom stereocenters. The van der Waals surface area contributed by atoms with Crippen molar-refractivity contribution < 1.29 is 18.0 Å². The lowest BCUT2D eigenvalue weighted by Gasteiger charge is -2.24. The molecule has 164 valence electrons. The smallest absolute Gasteiger partial charge is 0.264 e. The van der Waals surface area contributed by atoms with E-state index in [1.54, 1.807) is 48.5 Å². The van der Waals surface area contributed by atoms with E-state index in [0.29, 0.717) is 16.9 Å². The quantitative estimate of drug-likeness (QED) is 0.365. The van der Waals surface area contributed by atoms with Crippen molar-refractivity contribution in [2.75, 3.05) is 16.2 Å². The van der Waals surface area contributed by atoms with Gasteiger partial charge in [-0.25, -0.2) is 8.42 Å². The number of sulfonamides is 1. The molecule has 0 aliphatic heterocycles. The molecule has 0 saturated carbocycles. The molecule has 0 radical (unpaired) electrons. The summed E-state index contributed by atoms with van der Waals surface area (Å²) < 4.78 is 27.9. The maximum absolute atomic E-state index is 13.4. The molecular formula is C24H21ClN2O4S. The summed E-state index contributed by atoms with van der Waals surface area (Å²) in [5.74, 6) is -0.735.